The number of aliphatic hydroxyl groups excluding tert-OH is 3. The second kappa shape index (κ2) is 21.5. The Morgan fingerprint density at radius 1 is 0.685 bits per heavy atom. The number of halogens is 6. The number of fused-ring (bicyclic) bond motifs is 3. The summed E-state index contributed by atoms with van der Waals surface area (Å²) in [6.45, 7) is 8.69. The molecule has 1 aliphatic rings. The molecule has 0 amide bonds. The first-order chi connectivity index (χ1) is 24.2. The molecular weight excluding hydrogens is 904 g/mol. The summed E-state index contributed by atoms with van der Waals surface area (Å²) in [5.74, 6) is -0.963. The van der Waals surface area contributed by atoms with E-state index < -0.39 is 18.3 Å². The molecule has 1 fully saturated rings. The van der Waals surface area contributed by atoms with E-state index in [1.54, 1.807) is 28.0 Å². The fourth-order valence-electron chi connectivity index (χ4n) is 4.96. The van der Waals surface area contributed by atoms with Crippen LogP contribution in [0.2, 0.25) is 0 Å². The largest absolute Gasteiger partial charge is 0.495 e. The predicted molar refractivity (Wildman–Crippen MR) is 222 cm³/mol. The van der Waals surface area contributed by atoms with Gasteiger partial charge in [-0.25, -0.2) is 13.2 Å². The van der Waals surface area contributed by atoms with Gasteiger partial charge in [0.05, 0.1) is 79.3 Å². The van der Waals surface area contributed by atoms with Gasteiger partial charge in [0.15, 0.2) is 0 Å². The average molecular weight is 953 g/mol. The van der Waals surface area contributed by atoms with Crippen LogP contribution in [0.25, 0.3) is 32.7 Å². The molecular formula is C36H49BBr3F3N6O5. The number of aromatic amines is 1. The number of H-pyrrole nitrogens is 1. The molecule has 0 bridgehead atoms. The van der Waals surface area contributed by atoms with Gasteiger partial charge in [-0.1, -0.05) is 38.2 Å². The first-order valence-electron chi connectivity index (χ1n) is 15.6. The van der Waals surface area contributed by atoms with Crippen molar-refractivity contribution >= 4 is 93.1 Å². The Morgan fingerprint density at radius 3 is 1.63 bits per heavy atom. The van der Waals surface area contributed by atoms with Gasteiger partial charge in [0.1, 0.15) is 17.5 Å². The minimum atomic E-state index is -0.644. The van der Waals surface area contributed by atoms with Crippen LogP contribution in [0.1, 0.15) is 50.0 Å². The summed E-state index contributed by atoms with van der Waals surface area (Å²) in [5, 5.41) is 43.6. The number of aliphatic hydroxyl groups is 3. The van der Waals surface area contributed by atoms with Crippen LogP contribution in [0.3, 0.4) is 0 Å². The number of benzene rings is 3. The van der Waals surface area contributed by atoms with E-state index in [9.17, 15) is 13.2 Å². The van der Waals surface area contributed by atoms with Crippen LogP contribution in [0.4, 0.5) is 13.2 Å². The summed E-state index contributed by atoms with van der Waals surface area (Å²) in [6, 6.07) is 8.46. The highest BCUT2D eigenvalue weighted by Gasteiger charge is 2.52. The number of hydrogen-bond donors (Lipinski definition) is 4. The fourth-order valence-corrected chi connectivity index (χ4v) is 6.01. The highest BCUT2D eigenvalue weighted by Crippen LogP contribution is 2.37. The van der Waals surface area contributed by atoms with E-state index in [4.69, 9.17) is 24.6 Å². The standard InChI is InChI=1S/C15H20BFN2O3.C9H8BrFN2O.C7H4BrFN2.C2H5BrO.3CH4/c1-14(2)15(3,4)22-16(21-14)12-7-10(17)8-13-11(12)9-18-19(13)5-6-20;10-8-3-6(11)4-9-7(8)5-12-13(9)1-2-14;8-6-1-4(9)2-7-5(6)3-10-11-7;3-1-2-4;;;/h7-9,20H,5-6H2,1-4H3;3-5,14H,1-2H2;1-3H,(H,10,11);4H,1-2H2;3*1H4. The fraction of sp³-hybridized carbons (Fsp3) is 0.417. The third-order valence-electron chi connectivity index (χ3n) is 8.12. The van der Waals surface area contributed by atoms with E-state index >= 15 is 0 Å². The third kappa shape index (κ3) is 11.6. The van der Waals surface area contributed by atoms with Crippen molar-refractivity contribution in [2.75, 3.05) is 25.2 Å². The smallest absolute Gasteiger partial charge is 0.399 e. The Kier molecular flexibility index (Phi) is 19.5. The van der Waals surface area contributed by atoms with Crippen LogP contribution in [0.5, 0.6) is 0 Å². The number of hydrogen-bond acceptors (Lipinski definition) is 8. The lowest BCUT2D eigenvalue weighted by Crippen LogP contribution is -2.41. The molecule has 4 heterocycles. The predicted octanol–water partition coefficient (Wildman–Crippen LogP) is 8.14. The average Bonchev–Trinajstić information content (AvgIpc) is 3.84. The first-order valence-corrected chi connectivity index (χ1v) is 18.3. The van der Waals surface area contributed by atoms with Crippen LogP contribution in [0.15, 0.2) is 63.9 Å². The molecule has 0 aliphatic carbocycles. The van der Waals surface area contributed by atoms with Crippen LogP contribution in [0, 0.1) is 17.5 Å². The van der Waals surface area contributed by atoms with Gasteiger partial charge in [0, 0.05) is 30.4 Å². The summed E-state index contributed by atoms with van der Waals surface area (Å²) >= 11 is 9.48. The second-order valence-corrected chi connectivity index (χ2v) is 14.7. The lowest BCUT2D eigenvalue weighted by molar-refractivity contribution is 0.00578. The lowest BCUT2D eigenvalue weighted by atomic mass is 9.77. The molecule has 0 spiro atoms. The monoisotopic (exact) mass is 950 g/mol. The van der Waals surface area contributed by atoms with Gasteiger partial charge in [-0.05, 0) is 101 Å². The maximum Gasteiger partial charge on any atom is 0.495 e. The molecule has 0 saturated carbocycles. The third-order valence-corrected chi connectivity index (χ3v) is 9.79. The zero-order chi connectivity index (χ0) is 37.5. The molecule has 0 atom stereocenters. The number of aromatic nitrogens is 6. The Hall–Kier alpha value is -2.84. The zero-order valence-corrected chi connectivity index (χ0v) is 32.9. The molecule has 0 unspecified atom stereocenters. The minimum absolute atomic E-state index is 0. The lowest BCUT2D eigenvalue weighted by Gasteiger charge is -2.32. The van der Waals surface area contributed by atoms with Crippen molar-refractivity contribution in [2.45, 2.75) is 74.3 Å². The summed E-state index contributed by atoms with van der Waals surface area (Å²) in [7, 11) is -0.644. The molecule has 7 rings (SSSR count). The quantitative estimate of drug-likeness (QED) is 0.0969. The SMILES string of the molecule is C.C.C.CC1(C)OB(c2cc(F)cc3c2cnn3CCO)OC1(C)C.Fc1cc(Br)c2cn[nH]c2c1.OCCBr.OCCn1ncc2c(Br)cc(F)cc21. The van der Waals surface area contributed by atoms with Gasteiger partial charge < -0.3 is 24.6 Å². The van der Waals surface area contributed by atoms with Crippen molar-refractivity contribution in [3.63, 3.8) is 0 Å². The van der Waals surface area contributed by atoms with E-state index in [1.165, 1.54) is 36.4 Å². The van der Waals surface area contributed by atoms with Gasteiger partial charge in [-0.3, -0.25) is 14.5 Å². The summed E-state index contributed by atoms with van der Waals surface area (Å²) in [5.41, 5.74) is 1.66. The normalized spacial score (nSPS) is 13.8. The number of nitrogens with one attached hydrogen (secondary N) is 1. The van der Waals surface area contributed by atoms with Gasteiger partial charge in [-0.15, -0.1) is 0 Å². The van der Waals surface area contributed by atoms with Gasteiger partial charge in [0.2, 0.25) is 0 Å². The van der Waals surface area contributed by atoms with Crippen molar-refractivity contribution in [1.82, 2.24) is 29.8 Å². The molecule has 6 aromatic rings. The van der Waals surface area contributed by atoms with E-state index in [-0.39, 0.29) is 59.6 Å². The molecule has 3 aromatic heterocycles. The summed E-state index contributed by atoms with van der Waals surface area (Å²) in [4.78, 5) is 0. The Morgan fingerprint density at radius 2 is 1.13 bits per heavy atom. The van der Waals surface area contributed by atoms with E-state index in [0.717, 1.165) is 20.6 Å². The van der Waals surface area contributed by atoms with Crippen LogP contribution >= 0.6 is 47.8 Å². The molecule has 1 saturated heterocycles. The zero-order valence-electron chi connectivity index (χ0n) is 28.2. The maximum absolute atomic E-state index is 14.0. The molecule has 298 valence electrons. The summed E-state index contributed by atoms with van der Waals surface area (Å²) < 4.78 is 56.3. The second-order valence-electron chi connectivity index (χ2n) is 12.2. The Labute approximate surface area is 339 Å². The molecule has 18 heteroatoms. The molecule has 54 heavy (non-hydrogen) atoms. The Bertz CT molecular complexity index is 2060. The van der Waals surface area contributed by atoms with Crippen molar-refractivity contribution in [3.05, 3.63) is 81.4 Å². The van der Waals surface area contributed by atoms with E-state index in [2.05, 4.69) is 68.2 Å². The van der Waals surface area contributed by atoms with Crippen LogP contribution in [-0.4, -0.2) is 88.5 Å². The molecule has 4 N–H and O–H groups in total. The van der Waals surface area contributed by atoms with Crippen LogP contribution < -0.4 is 5.46 Å². The topological polar surface area (TPSA) is 143 Å². The van der Waals surface area contributed by atoms with Gasteiger partial charge >= 0.3 is 7.12 Å². The molecule has 0 radical (unpaired) electrons. The Balaban J connectivity index is 0.000000395. The van der Waals surface area contributed by atoms with Gasteiger partial charge in [-0.2, -0.15) is 15.3 Å². The highest BCUT2D eigenvalue weighted by atomic mass is 79.9. The minimum Gasteiger partial charge on any atom is -0.399 e. The molecule has 3 aromatic carbocycles. The molecule has 1 aliphatic heterocycles. The maximum atomic E-state index is 14.0. The number of rotatable bonds is 6. The van der Waals surface area contributed by atoms with E-state index in [0.29, 0.717) is 44.9 Å². The number of nitrogens with zero attached hydrogens (tertiary/aromatic N) is 5. The van der Waals surface area contributed by atoms with Crippen molar-refractivity contribution in [1.29, 1.82) is 0 Å². The number of alkyl halides is 1. The summed E-state index contributed by atoms with van der Waals surface area (Å²) in [6.07, 6.45) is 4.96. The first kappa shape index (κ1) is 49.2. The molecule has 11 nitrogen and oxygen atoms in total. The highest BCUT2D eigenvalue weighted by molar-refractivity contribution is 9.11. The van der Waals surface area contributed by atoms with Crippen molar-refractivity contribution in [3.8, 4) is 0 Å². The van der Waals surface area contributed by atoms with Crippen molar-refractivity contribution < 1.29 is 37.8 Å². The van der Waals surface area contributed by atoms with Crippen molar-refractivity contribution in [2.24, 2.45) is 0 Å². The van der Waals surface area contributed by atoms with E-state index in [1.807, 2.05) is 27.7 Å². The van der Waals surface area contributed by atoms with Crippen LogP contribution in [-0.2, 0) is 22.4 Å². The van der Waals surface area contributed by atoms with Gasteiger partial charge in [0.25, 0.3) is 0 Å².